The summed E-state index contributed by atoms with van der Waals surface area (Å²) in [7, 11) is 0. The number of hydrogen-bond acceptors (Lipinski definition) is 5. The molecule has 0 fully saturated rings. The largest absolute Gasteiger partial charge is 0.506 e. The fourth-order valence-electron chi connectivity index (χ4n) is 3.67. The van der Waals surface area contributed by atoms with Crippen LogP contribution in [0.2, 0.25) is 0 Å². The number of fused-ring (bicyclic) bond motifs is 1. The number of carboxylic acids is 1. The van der Waals surface area contributed by atoms with Crippen LogP contribution in [0.25, 0.3) is 0 Å². The van der Waals surface area contributed by atoms with Gasteiger partial charge >= 0.3 is 5.97 Å². The van der Waals surface area contributed by atoms with Crippen molar-refractivity contribution in [2.45, 2.75) is 38.0 Å². The van der Waals surface area contributed by atoms with E-state index >= 15 is 0 Å². The van der Waals surface area contributed by atoms with Crippen LogP contribution in [0.3, 0.4) is 0 Å². The van der Waals surface area contributed by atoms with Gasteiger partial charge in [0.15, 0.2) is 5.75 Å². The van der Waals surface area contributed by atoms with Crippen LogP contribution in [0.4, 0.5) is 5.69 Å². The Hall–Kier alpha value is -3.35. The highest BCUT2D eigenvalue weighted by atomic mass is 16.4. The number of hydrogen-bond donors (Lipinski definition) is 4. The van der Waals surface area contributed by atoms with Crippen LogP contribution < -0.4 is 5.32 Å². The van der Waals surface area contributed by atoms with Gasteiger partial charge < -0.3 is 20.6 Å². The number of rotatable bonds is 5. The Morgan fingerprint density at radius 2 is 1.82 bits per heavy atom. The minimum atomic E-state index is -1.38. The number of aryl methyl sites for hydroxylation is 1. The first-order chi connectivity index (χ1) is 13.2. The van der Waals surface area contributed by atoms with Crippen LogP contribution >= 0.6 is 0 Å². The molecule has 1 aliphatic rings. The predicted octanol–water partition coefficient (Wildman–Crippen LogP) is 2.99. The molecule has 0 radical (unpaired) electrons. The standard InChI is InChI=1S/C21H21NO6/c1-21(14-5-3-2-4-12(14)6-9-16(21)24)11-10-17(25)22-18-15(23)8-7-13(19(18)26)20(27)28/h2-5,7-8,23,26H,6,9-11H2,1H3,(H,22,25)(H,27,28)/t21-/m0/s1. The van der Waals surface area contributed by atoms with E-state index in [0.717, 1.165) is 23.3 Å². The van der Waals surface area contributed by atoms with Crippen molar-refractivity contribution in [2.24, 2.45) is 0 Å². The monoisotopic (exact) mass is 383 g/mol. The molecule has 1 amide bonds. The van der Waals surface area contributed by atoms with Gasteiger partial charge in [-0.3, -0.25) is 9.59 Å². The number of aromatic hydroxyl groups is 2. The molecular formula is C21H21NO6. The number of phenolic OH excluding ortho intramolecular Hbond substituents is 1. The normalized spacial score (nSPS) is 18.4. The molecule has 1 atom stereocenters. The smallest absolute Gasteiger partial charge is 0.339 e. The van der Waals surface area contributed by atoms with Crippen molar-refractivity contribution in [1.82, 2.24) is 0 Å². The summed E-state index contributed by atoms with van der Waals surface area (Å²) in [6.07, 6.45) is 1.32. The number of phenols is 2. The third-order valence-electron chi connectivity index (χ3n) is 5.35. The molecule has 0 bridgehead atoms. The molecule has 0 saturated carbocycles. The fraction of sp³-hybridized carbons (Fsp3) is 0.286. The number of nitrogens with one attached hydrogen (secondary N) is 1. The lowest BCUT2D eigenvalue weighted by Crippen LogP contribution is -2.38. The van der Waals surface area contributed by atoms with Gasteiger partial charge in [0.2, 0.25) is 5.91 Å². The lowest BCUT2D eigenvalue weighted by atomic mass is 9.68. The third kappa shape index (κ3) is 3.43. The Labute approximate surface area is 161 Å². The zero-order valence-electron chi connectivity index (χ0n) is 15.4. The average Bonchev–Trinajstić information content (AvgIpc) is 2.66. The molecular weight excluding hydrogens is 362 g/mol. The number of ketones is 1. The maximum Gasteiger partial charge on any atom is 0.339 e. The highest BCUT2D eigenvalue weighted by Crippen LogP contribution is 2.39. The molecule has 2 aromatic rings. The summed E-state index contributed by atoms with van der Waals surface area (Å²) >= 11 is 0. The number of amides is 1. The summed E-state index contributed by atoms with van der Waals surface area (Å²) < 4.78 is 0. The van der Waals surface area contributed by atoms with Gasteiger partial charge in [0.25, 0.3) is 0 Å². The number of aromatic carboxylic acids is 1. The van der Waals surface area contributed by atoms with E-state index in [0.29, 0.717) is 12.8 Å². The third-order valence-corrected chi connectivity index (χ3v) is 5.35. The SMILES string of the molecule is C[C@@]1(CCC(=O)Nc2c(O)ccc(C(=O)O)c2O)C(=O)CCc2ccccc21. The van der Waals surface area contributed by atoms with E-state index in [1.165, 1.54) is 0 Å². The van der Waals surface area contributed by atoms with Crippen molar-refractivity contribution in [3.05, 3.63) is 53.1 Å². The maximum absolute atomic E-state index is 12.6. The second kappa shape index (κ2) is 7.34. The van der Waals surface area contributed by atoms with E-state index in [4.69, 9.17) is 5.11 Å². The van der Waals surface area contributed by atoms with Gasteiger partial charge in [-0.05, 0) is 43.0 Å². The summed E-state index contributed by atoms with van der Waals surface area (Å²) in [6.45, 7) is 1.82. The topological polar surface area (TPSA) is 124 Å². The summed E-state index contributed by atoms with van der Waals surface area (Å²) in [4.78, 5) is 36.1. The summed E-state index contributed by atoms with van der Waals surface area (Å²) in [5, 5.41) is 31.3. The van der Waals surface area contributed by atoms with Gasteiger partial charge in [-0.2, -0.15) is 0 Å². The maximum atomic E-state index is 12.6. The van der Waals surface area contributed by atoms with Crippen molar-refractivity contribution in [3.8, 4) is 11.5 Å². The number of carboxylic acid groups (broad SMARTS) is 1. The Bertz CT molecular complexity index is 967. The number of carbonyl (C=O) groups excluding carboxylic acids is 2. The van der Waals surface area contributed by atoms with Crippen molar-refractivity contribution in [1.29, 1.82) is 0 Å². The van der Waals surface area contributed by atoms with Crippen LogP contribution in [-0.4, -0.2) is 33.0 Å². The highest BCUT2D eigenvalue weighted by molar-refractivity contribution is 6.00. The first kappa shape index (κ1) is 19.4. The summed E-state index contributed by atoms with van der Waals surface area (Å²) in [5.74, 6) is -3.01. The van der Waals surface area contributed by atoms with E-state index in [2.05, 4.69) is 5.32 Å². The summed E-state index contributed by atoms with van der Waals surface area (Å²) in [6, 6.07) is 9.79. The lowest BCUT2D eigenvalue weighted by Gasteiger charge is -2.34. The first-order valence-electron chi connectivity index (χ1n) is 8.94. The van der Waals surface area contributed by atoms with E-state index in [1.54, 1.807) is 0 Å². The molecule has 0 spiro atoms. The van der Waals surface area contributed by atoms with Crippen LogP contribution in [0.15, 0.2) is 36.4 Å². The van der Waals surface area contributed by atoms with Crippen molar-refractivity contribution < 1.29 is 29.7 Å². The molecule has 7 heteroatoms. The van der Waals surface area contributed by atoms with Gasteiger partial charge in [0.1, 0.15) is 22.8 Å². The summed E-state index contributed by atoms with van der Waals surface area (Å²) in [5.41, 5.74) is 0.424. The number of Topliss-reactive ketones (excluding diaryl/α,β-unsaturated/α-hetero) is 1. The Morgan fingerprint density at radius 1 is 1.11 bits per heavy atom. The highest BCUT2D eigenvalue weighted by Gasteiger charge is 2.39. The second-order valence-corrected chi connectivity index (χ2v) is 7.12. The number of benzene rings is 2. The number of anilines is 1. The van der Waals surface area contributed by atoms with Crippen molar-refractivity contribution >= 4 is 23.3 Å². The van der Waals surface area contributed by atoms with Crippen molar-refractivity contribution in [3.63, 3.8) is 0 Å². The fourth-order valence-corrected chi connectivity index (χ4v) is 3.67. The molecule has 0 saturated heterocycles. The molecule has 0 aromatic heterocycles. The molecule has 7 nitrogen and oxygen atoms in total. The van der Waals surface area contributed by atoms with Gasteiger partial charge in [-0.25, -0.2) is 4.79 Å². The molecule has 4 N–H and O–H groups in total. The average molecular weight is 383 g/mol. The zero-order valence-corrected chi connectivity index (χ0v) is 15.4. The molecule has 1 aliphatic carbocycles. The van der Waals surface area contributed by atoms with Crippen molar-refractivity contribution in [2.75, 3.05) is 5.32 Å². The Balaban J connectivity index is 1.78. The van der Waals surface area contributed by atoms with Gasteiger partial charge in [-0.1, -0.05) is 24.3 Å². The molecule has 0 heterocycles. The lowest BCUT2D eigenvalue weighted by molar-refractivity contribution is -0.125. The van der Waals surface area contributed by atoms with Crippen LogP contribution in [-0.2, 0) is 21.4 Å². The Morgan fingerprint density at radius 3 is 2.54 bits per heavy atom. The Kier molecular flexibility index (Phi) is 5.09. The molecule has 0 aliphatic heterocycles. The molecule has 146 valence electrons. The van der Waals surface area contributed by atoms with Gasteiger partial charge in [0.05, 0.1) is 5.41 Å². The molecule has 28 heavy (non-hydrogen) atoms. The van der Waals surface area contributed by atoms with E-state index < -0.39 is 34.4 Å². The second-order valence-electron chi connectivity index (χ2n) is 7.12. The van der Waals surface area contributed by atoms with Gasteiger partial charge in [-0.15, -0.1) is 0 Å². The van der Waals surface area contributed by atoms with Crippen LogP contribution in [0.1, 0.15) is 47.7 Å². The van der Waals surface area contributed by atoms with E-state index in [1.807, 2.05) is 31.2 Å². The number of carbonyl (C=O) groups is 3. The van der Waals surface area contributed by atoms with E-state index in [-0.39, 0.29) is 24.3 Å². The quantitative estimate of drug-likeness (QED) is 0.589. The zero-order chi connectivity index (χ0) is 20.5. The predicted molar refractivity (Wildman–Crippen MR) is 102 cm³/mol. The van der Waals surface area contributed by atoms with Crippen LogP contribution in [0.5, 0.6) is 11.5 Å². The molecule has 0 unspecified atom stereocenters. The van der Waals surface area contributed by atoms with E-state index in [9.17, 15) is 24.6 Å². The minimum Gasteiger partial charge on any atom is -0.506 e. The molecule has 2 aromatic carbocycles. The first-order valence-corrected chi connectivity index (χ1v) is 8.94. The van der Waals surface area contributed by atoms with Gasteiger partial charge in [0, 0.05) is 12.8 Å². The van der Waals surface area contributed by atoms with Crippen LogP contribution in [0, 0.1) is 0 Å². The minimum absolute atomic E-state index is 0.0350. The molecule has 3 rings (SSSR count).